The standard InChI is InChI=1S/C22H31N2O2Si/c1-14(2)26-27(25-4)10-9-17-11-18-12-19(17)20-13-23-24-22(21(18)20)16-7-5-15(3)6-8-16/h5-8,13-14,17-21H,9-12H2,1-4H3. The molecular weight excluding hydrogens is 352 g/mol. The second-order valence-corrected chi connectivity index (χ2v) is 10.5. The number of rotatable bonds is 7. The van der Waals surface area contributed by atoms with Gasteiger partial charge in [0.15, 0.2) is 0 Å². The fraction of sp³-hybridized carbons (Fsp3) is 0.636. The van der Waals surface area contributed by atoms with E-state index < -0.39 is 9.28 Å². The van der Waals surface area contributed by atoms with Crippen molar-refractivity contribution >= 4 is 21.2 Å². The lowest BCUT2D eigenvalue weighted by molar-refractivity contribution is 0.173. The second-order valence-electron chi connectivity index (χ2n) is 8.66. The monoisotopic (exact) mass is 383 g/mol. The number of fused-ring (bicyclic) bond motifs is 5. The van der Waals surface area contributed by atoms with Crippen LogP contribution in [-0.2, 0) is 8.85 Å². The summed E-state index contributed by atoms with van der Waals surface area (Å²) in [6, 6.07) is 9.88. The second kappa shape index (κ2) is 7.98. The van der Waals surface area contributed by atoms with Crippen LogP contribution in [0.4, 0.5) is 0 Å². The Kier molecular flexibility index (Phi) is 5.62. The van der Waals surface area contributed by atoms with E-state index in [0.717, 1.165) is 23.8 Å². The molecular formula is C22H31N2O2Si. The van der Waals surface area contributed by atoms with Gasteiger partial charge in [-0.3, -0.25) is 0 Å². The summed E-state index contributed by atoms with van der Waals surface area (Å²) in [5.41, 5.74) is 3.77. The highest BCUT2D eigenvalue weighted by Crippen LogP contribution is 2.57. The van der Waals surface area contributed by atoms with Crippen LogP contribution in [0.2, 0.25) is 6.04 Å². The van der Waals surface area contributed by atoms with Crippen LogP contribution >= 0.6 is 0 Å². The molecule has 3 aliphatic rings. The molecule has 2 fully saturated rings. The van der Waals surface area contributed by atoms with Gasteiger partial charge in [0, 0.05) is 31.3 Å². The quantitative estimate of drug-likeness (QED) is 0.645. The lowest BCUT2D eigenvalue weighted by Gasteiger charge is -2.36. The van der Waals surface area contributed by atoms with Crippen molar-refractivity contribution in [2.24, 2.45) is 39.8 Å². The molecule has 1 aromatic rings. The third kappa shape index (κ3) is 3.82. The Labute approximate surface area is 164 Å². The Morgan fingerprint density at radius 2 is 1.96 bits per heavy atom. The van der Waals surface area contributed by atoms with Crippen molar-refractivity contribution in [3.05, 3.63) is 35.4 Å². The smallest absolute Gasteiger partial charge is 0.384 e. The van der Waals surface area contributed by atoms with Crippen LogP contribution in [0.1, 0.15) is 44.2 Å². The molecule has 2 saturated carbocycles. The minimum Gasteiger partial charge on any atom is -0.397 e. The van der Waals surface area contributed by atoms with E-state index >= 15 is 0 Å². The van der Waals surface area contributed by atoms with Crippen molar-refractivity contribution in [1.82, 2.24) is 0 Å². The number of benzene rings is 1. The Balaban J connectivity index is 1.43. The number of hydrogen-bond donors (Lipinski definition) is 0. The minimum absolute atomic E-state index is 0.252. The molecule has 0 saturated heterocycles. The van der Waals surface area contributed by atoms with Gasteiger partial charge < -0.3 is 8.85 Å². The van der Waals surface area contributed by atoms with Crippen LogP contribution in [0.15, 0.2) is 34.5 Å². The van der Waals surface area contributed by atoms with Gasteiger partial charge in [-0.2, -0.15) is 10.2 Å². The maximum absolute atomic E-state index is 5.96. The SMILES string of the molecule is CO[Si](CCC1CC2CC1C1C=NN=C(c3ccc(C)cc3)C21)OC(C)C. The molecule has 1 radical (unpaired) electrons. The molecule has 1 heterocycles. The van der Waals surface area contributed by atoms with Crippen molar-refractivity contribution in [3.8, 4) is 0 Å². The summed E-state index contributed by atoms with van der Waals surface area (Å²) in [6.07, 6.45) is 6.28. The Morgan fingerprint density at radius 1 is 1.19 bits per heavy atom. The van der Waals surface area contributed by atoms with Gasteiger partial charge in [0.1, 0.15) is 0 Å². The third-order valence-electron chi connectivity index (χ3n) is 6.58. The zero-order chi connectivity index (χ0) is 19.0. The number of hydrogen-bond acceptors (Lipinski definition) is 4. The average molecular weight is 384 g/mol. The van der Waals surface area contributed by atoms with Crippen molar-refractivity contribution in [2.75, 3.05) is 7.11 Å². The van der Waals surface area contributed by atoms with E-state index in [1.54, 1.807) is 7.11 Å². The highest BCUT2D eigenvalue weighted by molar-refractivity contribution is 6.44. The van der Waals surface area contributed by atoms with Gasteiger partial charge in [0.2, 0.25) is 0 Å². The molecule has 1 aromatic carbocycles. The van der Waals surface area contributed by atoms with E-state index in [1.807, 2.05) is 0 Å². The first kappa shape index (κ1) is 19.0. The molecule has 2 aliphatic carbocycles. The van der Waals surface area contributed by atoms with Gasteiger partial charge in [-0.1, -0.05) is 29.8 Å². The minimum atomic E-state index is -1.13. The van der Waals surface area contributed by atoms with Gasteiger partial charge in [-0.25, -0.2) is 0 Å². The van der Waals surface area contributed by atoms with Crippen LogP contribution < -0.4 is 0 Å². The van der Waals surface area contributed by atoms with Crippen LogP contribution in [0, 0.1) is 36.5 Å². The summed E-state index contributed by atoms with van der Waals surface area (Å²) < 4.78 is 11.6. The molecule has 5 unspecified atom stereocenters. The maximum Gasteiger partial charge on any atom is 0.384 e. The van der Waals surface area contributed by atoms with Gasteiger partial charge in [-0.05, 0) is 69.4 Å². The fourth-order valence-corrected chi connectivity index (χ4v) is 7.03. The van der Waals surface area contributed by atoms with E-state index in [9.17, 15) is 0 Å². The zero-order valence-corrected chi connectivity index (χ0v) is 17.9. The van der Waals surface area contributed by atoms with E-state index in [0.29, 0.717) is 11.8 Å². The molecule has 145 valence electrons. The molecule has 0 amide bonds. The Morgan fingerprint density at radius 3 is 2.67 bits per heavy atom. The molecule has 0 N–H and O–H groups in total. The molecule has 0 aromatic heterocycles. The van der Waals surface area contributed by atoms with Crippen LogP contribution in [0.5, 0.6) is 0 Å². The largest absolute Gasteiger partial charge is 0.397 e. The van der Waals surface area contributed by atoms with Gasteiger partial charge in [-0.15, -0.1) is 0 Å². The summed E-state index contributed by atoms with van der Waals surface area (Å²) in [4.78, 5) is 0. The van der Waals surface area contributed by atoms with Gasteiger partial charge in [0.25, 0.3) is 0 Å². The Hall–Kier alpha value is -1.30. The number of aryl methyl sites for hydroxylation is 1. The van der Waals surface area contributed by atoms with E-state index in [4.69, 9.17) is 8.85 Å². The van der Waals surface area contributed by atoms with Gasteiger partial charge in [0.05, 0.1) is 5.71 Å². The van der Waals surface area contributed by atoms with Crippen LogP contribution in [0.25, 0.3) is 0 Å². The first-order valence-corrected chi connectivity index (χ1v) is 11.8. The normalized spacial score (nSPS) is 31.6. The summed E-state index contributed by atoms with van der Waals surface area (Å²) in [5.74, 6) is 3.41. The van der Waals surface area contributed by atoms with Crippen molar-refractivity contribution < 1.29 is 8.85 Å². The molecule has 1 aliphatic heterocycles. The van der Waals surface area contributed by atoms with Crippen LogP contribution in [0.3, 0.4) is 0 Å². The first-order chi connectivity index (χ1) is 13.1. The summed E-state index contributed by atoms with van der Waals surface area (Å²) >= 11 is 0. The molecule has 2 bridgehead atoms. The predicted octanol–water partition coefficient (Wildman–Crippen LogP) is 4.62. The molecule has 4 rings (SSSR count). The topological polar surface area (TPSA) is 43.2 Å². The fourth-order valence-electron chi connectivity index (χ4n) is 5.48. The Bertz CT molecular complexity index is 716. The molecule has 4 nitrogen and oxygen atoms in total. The van der Waals surface area contributed by atoms with Crippen molar-refractivity contribution in [3.63, 3.8) is 0 Å². The van der Waals surface area contributed by atoms with E-state index in [1.165, 1.54) is 36.1 Å². The summed E-state index contributed by atoms with van der Waals surface area (Å²) in [7, 11) is 0.667. The molecule has 0 spiro atoms. The maximum atomic E-state index is 5.96. The van der Waals surface area contributed by atoms with Gasteiger partial charge >= 0.3 is 9.28 Å². The molecule has 27 heavy (non-hydrogen) atoms. The highest BCUT2D eigenvalue weighted by Gasteiger charge is 2.54. The lowest BCUT2D eigenvalue weighted by atomic mass is 9.70. The lowest BCUT2D eigenvalue weighted by Crippen LogP contribution is -2.37. The number of nitrogens with zero attached hydrogens (tertiary/aromatic N) is 2. The molecule has 5 heteroatoms. The summed E-state index contributed by atoms with van der Waals surface area (Å²) in [6.45, 7) is 6.32. The van der Waals surface area contributed by atoms with Crippen molar-refractivity contribution in [2.45, 2.75) is 52.2 Å². The van der Waals surface area contributed by atoms with E-state index in [2.05, 4.69) is 61.5 Å². The van der Waals surface area contributed by atoms with Crippen LogP contribution in [-0.4, -0.2) is 34.4 Å². The molecule has 5 atom stereocenters. The zero-order valence-electron chi connectivity index (χ0n) is 16.9. The predicted molar refractivity (Wildman–Crippen MR) is 111 cm³/mol. The third-order valence-corrected chi connectivity index (χ3v) is 8.47. The average Bonchev–Trinajstić information content (AvgIpc) is 3.24. The first-order valence-electron chi connectivity index (χ1n) is 10.3. The summed E-state index contributed by atoms with van der Waals surface area (Å²) in [5, 5.41) is 9.01. The van der Waals surface area contributed by atoms with E-state index in [-0.39, 0.29) is 6.10 Å². The van der Waals surface area contributed by atoms with Crippen molar-refractivity contribution in [1.29, 1.82) is 0 Å². The highest BCUT2D eigenvalue weighted by atomic mass is 28.3.